The van der Waals surface area contributed by atoms with Gasteiger partial charge < -0.3 is 14.2 Å². The van der Waals surface area contributed by atoms with Crippen LogP contribution in [0.1, 0.15) is 16.7 Å². The SMILES string of the molecule is COc1cc(/C=C2\N=C(c3ccc4ccccc4c3)OC2=O)cc(Cl)c1OCCc1ccccc1. The highest BCUT2D eigenvalue weighted by molar-refractivity contribution is 6.32. The first kappa shape index (κ1) is 22.7. The number of methoxy groups -OCH3 is 1. The van der Waals surface area contributed by atoms with Crippen LogP contribution in [0.25, 0.3) is 16.8 Å². The van der Waals surface area contributed by atoms with Crippen molar-refractivity contribution in [2.24, 2.45) is 4.99 Å². The molecule has 1 aliphatic heterocycles. The Morgan fingerprint density at radius 2 is 1.71 bits per heavy atom. The quantitative estimate of drug-likeness (QED) is 0.223. The second kappa shape index (κ2) is 10.0. The van der Waals surface area contributed by atoms with Crippen molar-refractivity contribution in [3.05, 3.63) is 112 Å². The maximum absolute atomic E-state index is 12.5. The van der Waals surface area contributed by atoms with Gasteiger partial charge in [-0.3, -0.25) is 0 Å². The Morgan fingerprint density at radius 1 is 0.943 bits per heavy atom. The van der Waals surface area contributed by atoms with Crippen molar-refractivity contribution in [2.75, 3.05) is 13.7 Å². The van der Waals surface area contributed by atoms with Crippen molar-refractivity contribution in [3.63, 3.8) is 0 Å². The maximum atomic E-state index is 12.5. The predicted molar refractivity (Wildman–Crippen MR) is 138 cm³/mol. The smallest absolute Gasteiger partial charge is 0.363 e. The fraction of sp³-hybridized carbons (Fsp3) is 0.103. The van der Waals surface area contributed by atoms with Crippen LogP contribution >= 0.6 is 11.6 Å². The van der Waals surface area contributed by atoms with E-state index in [1.165, 1.54) is 5.56 Å². The van der Waals surface area contributed by atoms with Gasteiger partial charge in [0.25, 0.3) is 0 Å². The number of fused-ring (bicyclic) bond motifs is 1. The molecule has 5 nitrogen and oxygen atoms in total. The molecule has 1 aliphatic rings. The number of carbonyl (C=O) groups excluding carboxylic acids is 1. The summed E-state index contributed by atoms with van der Waals surface area (Å²) in [6.07, 6.45) is 2.36. The fourth-order valence-corrected chi connectivity index (χ4v) is 4.17. The van der Waals surface area contributed by atoms with Crippen LogP contribution in [-0.4, -0.2) is 25.6 Å². The summed E-state index contributed by atoms with van der Waals surface area (Å²) in [5, 5.41) is 2.53. The number of hydrogen-bond acceptors (Lipinski definition) is 5. The van der Waals surface area contributed by atoms with E-state index >= 15 is 0 Å². The summed E-state index contributed by atoms with van der Waals surface area (Å²) in [6, 6.07) is 27.3. The van der Waals surface area contributed by atoms with Gasteiger partial charge in [-0.1, -0.05) is 72.3 Å². The molecule has 0 fully saturated rings. The van der Waals surface area contributed by atoms with Crippen molar-refractivity contribution in [1.29, 1.82) is 0 Å². The monoisotopic (exact) mass is 483 g/mol. The molecule has 0 unspecified atom stereocenters. The number of benzene rings is 4. The normalized spacial score (nSPS) is 14.2. The lowest BCUT2D eigenvalue weighted by Crippen LogP contribution is -2.05. The molecule has 5 rings (SSSR count). The Balaban J connectivity index is 1.37. The Bertz CT molecular complexity index is 1460. The van der Waals surface area contributed by atoms with E-state index in [0.717, 1.165) is 22.8 Å². The number of cyclic esters (lactones) is 1. The number of ether oxygens (including phenoxy) is 3. The van der Waals surface area contributed by atoms with Crippen LogP contribution in [0.5, 0.6) is 11.5 Å². The molecule has 1 heterocycles. The molecular formula is C29H22ClNO4. The first-order valence-electron chi connectivity index (χ1n) is 11.2. The van der Waals surface area contributed by atoms with E-state index < -0.39 is 5.97 Å². The van der Waals surface area contributed by atoms with Gasteiger partial charge in [-0.25, -0.2) is 9.79 Å². The fourth-order valence-electron chi connectivity index (χ4n) is 3.89. The average Bonchev–Trinajstić information content (AvgIpc) is 3.25. The number of rotatable bonds is 7. The lowest BCUT2D eigenvalue weighted by Gasteiger charge is -2.13. The van der Waals surface area contributed by atoms with Crippen LogP contribution in [0.15, 0.2) is 95.6 Å². The van der Waals surface area contributed by atoms with Crippen molar-refractivity contribution < 1.29 is 19.0 Å². The zero-order valence-corrected chi connectivity index (χ0v) is 19.8. The van der Waals surface area contributed by atoms with Crippen LogP contribution in [0, 0.1) is 0 Å². The molecule has 0 aliphatic carbocycles. The summed E-state index contributed by atoms with van der Waals surface area (Å²) in [6.45, 7) is 0.451. The van der Waals surface area contributed by atoms with Crippen LogP contribution < -0.4 is 9.47 Å². The maximum Gasteiger partial charge on any atom is 0.363 e. The Hall–Kier alpha value is -4.09. The van der Waals surface area contributed by atoms with Gasteiger partial charge >= 0.3 is 5.97 Å². The minimum atomic E-state index is -0.522. The molecule has 0 radical (unpaired) electrons. The highest BCUT2D eigenvalue weighted by Gasteiger charge is 2.24. The van der Waals surface area contributed by atoms with Gasteiger partial charge in [-0.05, 0) is 52.2 Å². The minimum absolute atomic E-state index is 0.184. The number of nitrogens with zero attached hydrogens (tertiary/aromatic N) is 1. The van der Waals surface area contributed by atoms with E-state index in [-0.39, 0.29) is 11.6 Å². The standard InChI is InChI=1S/C29H22ClNO4/c1-33-26-17-20(15-24(30)27(26)34-14-13-19-7-3-2-4-8-19)16-25-29(32)35-28(31-25)23-12-11-21-9-5-6-10-22(21)18-23/h2-12,15-18H,13-14H2,1H3/b25-16-. The molecule has 0 saturated carbocycles. The van der Waals surface area contributed by atoms with Crippen LogP contribution in [0.4, 0.5) is 0 Å². The van der Waals surface area contributed by atoms with E-state index in [4.69, 9.17) is 25.8 Å². The molecule has 0 atom stereocenters. The summed E-state index contributed by atoms with van der Waals surface area (Å²) in [5.41, 5.74) is 2.74. The topological polar surface area (TPSA) is 57.1 Å². The Labute approximate surface area is 208 Å². The molecule has 6 heteroatoms. The zero-order valence-electron chi connectivity index (χ0n) is 19.0. The number of aliphatic imine (C=N–C) groups is 1. The molecular weight excluding hydrogens is 462 g/mol. The summed E-state index contributed by atoms with van der Waals surface area (Å²) in [7, 11) is 1.55. The van der Waals surface area contributed by atoms with Gasteiger partial charge in [-0.15, -0.1) is 0 Å². The number of esters is 1. The highest BCUT2D eigenvalue weighted by atomic mass is 35.5. The van der Waals surface area contributed by atoms with Gasteiger partial charge in [0.05, 0.1) is 18.7 Å². The zero-order chi connectivity index (χ0) is 24.2. The van der Waals surface area contributed by atoms with Crippen molar-refractivity contribution >= 4 is 40.3 Å². The highest BCUT2D eigenvalue weighted by Crippen LogP contribution is 2.37. The molecule has 0 aromatic heterocycles. The van der Waals surface area contributed by atoms with E-state index in [0.29, 0.717) is 28.7 Å². The first-order chi connectivity index (χ1) is 17.1. The largest absolute Gasteiger partial charge is 0.493 e. The molecule has 0 amide bonds. The Morgan fingerprint density at radius 3 is 2.51 bits per heavy atom. The molecule has 0 saturated heterocycles. The number of halogens is 1. The van der Waals surface area contributed by atoms with Gasteiger partial charge in [0, 0.05) is 12.0 Å². The lowest BCUT2D eigenvalue weighted by molar-refractivity contribution is -0.129. The predicted octanol–water partition coefficient (Wildman–Crippen LogP) is 6.47. The van der Waals surface area contributed by atoms with Gasteiger partial charge in [0.15, 0.2) is 17.2 Å². The summed E-state index contributed by atoms with van der Waals surface area (Å²) in [5.74, 6) is 0.682. The second-order valence-corrected chi connectivity index (χ2v) is 8.42. The van der Waals surface area contributed by atoms with E-state index in [9.17, 15) is 4.79 Å². The van der Waals surface area contributed by atoms with E-state index in [1.54, 1.807) is 25.3 Å². The third kappa shape index (κ3) is 5.05. The van der Waals surface area contributed by atoms with Crippen LogP contribution in [0.3, 0.4) is 0 Å². The molecule has 0 N–H and O–H groups in total. The third-order valence-electron chi connectivity index (χ3n) is 5.65. The number of carbonyl (C=O) groups is 1. The molecule has 0 bridgehead atoms. The Kier molecular flexibility index (Phi) is 6.51. The van der Waals surface area contributed by atoms with Crippen molar-refractivity contribution in [3.8, 4) is 11.5 Å². The van der Waals surface area contributed by atoms with Crippen LogP contribution in [0.2, 0.25) is 5.02 Å². The van der Waals surface area contributed by atoms with E-state index in [2.05, 4.69) is 4.99 Å². The second-order valence-electron chi connectivity index (χ2n) is 8.02. The summed E-state index contributed by atoms with van der Waals surface area (Å²) >= 11 is 6.51. The van der Waals surface area contributed by atoms with Crippen molar-refractivity contribution in [1.82, 2.24) is 0 Å². The summed E-state index contributed by atoms with van der Waals surface area (Å²) < 4.78 is 16.9. The molecule has 4 aromatic carbocycles. The van der Waals surface area contributed by atoms with Gasteiger partial charge in [0.1, 0.15) is 0 Å². The van der Waals surface area contributed by atoms with E-state index in [1.807, 2.05) is 72.8 Å². The van der Waals surface area contributed by atoms with Crippen LogP contribution in [-0.2, 0) is 16.0 Å². The number of hydrogen-bond donors (Lipinski definition) is 0. The molecule has 35 heavy (non-hydrogen) atoms. The van der Waals surface area contributed by atoms with Gasteiger partial charge in [-0.2, -0.15) is 0 Å². The average molecular weight is 484 g/mol. The molecule has 174 valence electrons. The lowest BCUT2D eigenvalue weighted by atomic mass is 10.1. The summed E-state index contributed by atoms with van der Waals surface area (Å²) in [4.78, 5) is 16.9. The third-order valence-corrected chi connectivity index (χ3v) is 5.93. The van der Waals surface area contributed by atoms with Crippen molar-refractivity contribution in [2.45, 2.75) is 6.42 Å². The van der Waals surface area contributed by atoms with Gasteiger partial charge in [0.2, 0.25) is 5.90 Å². The molecule has 0 spiro atoms. The minimum Gasteiger partial charge on any atom is -0.493 e. The molecule has 4 aromatic rings. The first-order valence-corrected chi connectivity index (χ1v) is 11.5.